The predicted octanol–water partition coefficient (Wildman–Crippen LogP) is 2.65. The summed E-state index contributed by atoms with van der Waals surface area (Å²) in [5, 5.41) is 0. The van der Waals surface area contributed by atoms with Crippen LogP contribution in [0.5, 0.6) is 11.5 Å². The molecule has 0 N–H and O–H groups in total. The van der Waals surface area contributed by atoms with Gasteiger partial charge in [0.1, 0.15) is 19.0 Å². The van der Waals surface area contributed by atoms with Gasteiger partial charge in [-0.2, -0.15) is 0 Å². The molecule has 29 heavy (non-hydrogen) atoms. The van der Waals surface area contributed by atoms with Gasteiger partial charge in [-0.25, -0.2) is 4.39 Å². The summed E-state index contributed by atoms with van der Waals surface area (Å²) in [5.41, 5.74) is 1.68. The molecular formula is C22H23FN2O4. The Morgan fingerprint density at radius 3 is 2.62 bits per heavy atom. The largest absolute Gasteiger partial charge is 0.486 e. The van der Waals surface area contributed by atoms with Crippen LogP contribution in [-0.2, 0) is 16.0 Å². The molecule has 0 bridgehead atoms. The van der Waals surface area contributed by atoms with Crippen molar-refractivity contribution in [1.29, 1.82) is 0 Å². The highest BCUT2D eigenvalue weighted by molar-refractivity contribution is 6.00. The highest BCUT2D eigenvalue weighted by Crippen LogP contribution is 2.36. The van der Waals surface area contributed by atoms with E-state index in [1.165, 1.54) is 12.1 Å². The smallest absolute Gasteiger partial charge is 0.227 e. The van der Waals surface area contributed by atoms with Crippen LogP contribution < -0.4 is 14.4 Å². The lowest BCUT2D eigenvalue weighted by molar-refractivity contribution is -0.134. The fourth-order valence-corrected chi connectivity index (χ4v) is 3.69. The van der Waals surface area contributed by atoms with E-state index in [4.69, 9.17) is 9.47 Å². The second kappa shape index (κ2) is 8.11. The molecule has 152 valence electrons. The molecule has 1 atom stereocenters. The molecule has 0 aromatic heterocycles. The van der Waals surface area contributed by atoms with E-state index in [2.05, 4.69) is 0 Å². The van der Waals surface area contributed by atoms with E-state index in [-0.39, 0.29) is 30.0 Å². The lowest BCUT2D eigenvalue weighted by Gasteiger charge is -2.23. The lowest BCUT2D eigenvalue weighted by Crippen LogP contribution is -2.36. The van der Waals surface area contributed by atoms with Gasteiger partial charge in [0.25, 0.3) is 0 Å². The van der Waals surface area contributed by atoms with E-state index >= 15 is 0 Å². The molecule has 6 nitrogen and oxygen atoms in total. The van der Waals surface area contributed by atoms with Gasteiger partial charge in [-0.15, -0.1) is 0 Å². The molecular weight excluding hydrogens is 375 g/mol. The van der Waals surface area contributed by atoms with Crippen LogP contribution in [0.4, 0.5) is 10.1 Å². The molecule has 0 aliphatic carbocycles. The van der Waals surface area contributed by atoms with Gasteiger partial charge in [-0.3, -0.25) is 9.59 Å². The maximum Gasteiger partial charge on any atom is 0.227 e. The molecule has 7 heteroatoms. The Morgan fingerprint density at radius 2 is 1.86 bits per heavy atom. The van der Waals surface area contributed by atoms with Crippen LogP contribution in [0, 0.1) is 11.7 Å². The van der Waals surface area contributed by atoms with Crippen molar-refractivity contribution in [2.75, 3.05) is 38.3 Å². The third-order valence-corrected chi connectivity index (χ3v) is 5.34. The van der Waals surface area contributed by atoms with E-state index in [1.54, 1.807) is 41.1 Å². The number of hydrogen-bond donors (Lipinski definition) is 0. The number of likely N-dealkylation sites (N-methyl/N-ethyl adjacent to an activating group) is 1. The molecule has 0 spiro atoms. The Hall–Kier alpha value is -3.09. The van der Waals surface area contributed by atoms with Crippen molar-refractivity contribution in [2.24, 2.45) is 5.92 Å². The van der Waals surface area contributed by atoms with Gasteiger partial charge in [0, 0.05) is 38.3 Å². The molecule has 2 aliphatic rings. The minimum absolute atomic E-state index is 0.0551. The first-order valence-electron chi connectivity index (χ1n) is 9.70. The number of carbonyl (C=O) groups excluding carboxylic acids is 2. The third kappa shape index (κ3) is 4.18. The number of nitrogens with zero attached hydrogens (tertiary/aromatic N) is 2. The predicted molar refractivity (Wildman–Crippen MR) is 106 cm³/mol. The molecule has 1 saturated heterocycles. The number of anilines is 1. The second-order valence-electron chi connectivity index (χ2n) is 7.37. The van der Waals surface area contributed by atoms with E-state index in [0.717, 1.165) is 5.56 Å². The first kappa shape index (κ1) is 19.2. The Labute approximate surface area is 168 Å². The van der Waals surface area contributed by atoms with Crippen LogP contribution in [0.3, 0.4) is 0 Å². The number of amides is 2. The Kier molecular flexibility index (Phi) is 5.38. The molecule has 2 amide bonds. The van der Waals surface area contributed by atoms with Crippen LogP contribution in [0.2, 0.25) is 0 Å². The van der Waals surface area contributed by atoms with Crippen molar-refractivity contribution < 1.29 is 23.5 Å². The number of ether oxygens (including phenoxy) is 2. The maximum absolute atomic E-state index is 13.0. The van der Waals surface area contributed by atoms with Gasteiger partial charge >= 0.3 is 0 Å². The molecule has 4 rings (SSSR count). The number of fused-ring (bicyclic) bond motifs is 1. The molecule has 2 aromatic carbocycles. The van der Waals surface area contributed by atoms with Crippen molar-refractivity contribution in [1.82, 2.24) is 4.90 Å². The molecule has 0 saturated carbocycles. The van der Waals surface area contributed by atoms with Crippen LogP contribution in [-0.4, -0.2) is 50.1 Å². The first-order valence-corrected chi connectivity index (χ1v) is 9.70. The summed E-state index contributed by atoms with van der Waals surface area (Å²) in [6.45, 7) is 1.84. The summed E-state index contributed by atoms with van der Waals surface area (Å²) in [4.78, 5) is 28.6. The lowest BCUT2D eigenvalue weighted by atomic mass is 10.1. The quantitative estimate of drug-likeness (QED) is 0.777. The van der Waals surface area contributed by atoms with E-state index < -0.39 is 0 Å². The zero-order valence-corrected chi connectivity index (χ0v) is 16.3. The topological polar surface area (TPSA) is 59.1 Å². The summed E-state index contributed by atoms with van der Waals surface area (Å²) < 4.78 is 24.1. The van der Waals surface area contributed by atoms with E-state index in [9.17, 15) is 14.0 Å². The highest BCUT2D eigenvalue weighted by Gasteiger charge is 2.36. The Balaban J connectivity index is 1.38. The van der Waals surface area contributed by atoms with E-state index in [1.807, 2.05) is 6.07 Å². The molecule has 2 aromatic rings. The summed E-state index contributed by atoms with van der Waals surface area (Å²) in [5.74, 6) is 0.496. The second-order valence-corrected chi connectivity index (χ2v) is 7.37. The summed E-state index contributed by atoms with van der Waals surface area (Å²) in [6, 6.07) is 11.7. The fourth-order valence-electron chi connectivity index (χ4n) is 3.69. The SMILES string of the molecule is CN(CCc1ccc(F)cc1)C(=O)C1CC(=O)N(c2ccc3c(c2)OCCO3)C1. The number of halogens is 1. The van der Waals surface area contributed by atoms with Gasteiger partial charge in [-0.1, -0.05) is 12.1 Å². The average Bonchev–Trinajstić information content (AvgIpc) is 3.13. The minimum atomic E-state index is -0.381. The van der Waals surface area contributed by atoms with Crippen molar-refractivity contribution in [3.63, 3.8) is 0 Å². The molecule has 0 radical (unpaired) electrons. The van der Waals surface area contributed by atoms with E-state index in [0.29, 0.717) is 49.9 Å². The van der Waals surface area contributed by atoms with Gasteiger partial charge < -0.3 is 19.3 Å². The van der Waals surface area contributed by atoms with Crippen molar-refractivity contribution in [2.45, 2.75) is 12.8 Å². The van der Waals surface area contributed by atoms with Crippen molar-refractivity contribution in [3.05, 3.63) is 53.8 Å². The van der Waals surface area contributed by atoms with Gasteiger partial charge in [0.15, 0.2) is 11.5 Å². The molecule has 2 heterocycles. The fraction of sp³-hybridized carbons (Fsp3) is 0.364. The van der Waals surface area contributed by atoms with Gasteiger partial charge in [0.05, 0.1) is 5.92 Å². The Morgan fingerprint density at radius 1 is 1.14 bits per heavy atom. The van der Waals surface area contributed by atoms with Crippen LogP contribution in [0.1, 0.15) is 12.0 Å². The van der Waals surface area contributed by atoms with Gasteiger partial charge in [-0.05, 0) is 36.2 Å². The van der Waals surface area contributed by atoms with Gasteiger partial charge in [0.2, 0.25) is 11.8 Å². The Bertz CT molecular complexity index is 916. The first-order chi connectivity index (χ1) is 14.0. The number of rotatable bonds is 5. The van der Waals surface area contributed by atoms with Crippen LogP contribution in [0.15, 0.2) is 42.5 Å². The average molecular weight is 398 g/mol. The molecule has 1 unspecified atom stereocenters. The highest BCUT2D eigenvalue weighted by atomic mass is 19.1. The zero-order valence-electron chi connectivity index (χ0n) is 16.3. The summed E-state index contributed by atoms with van der Waals surface area (Å²) in [6.07, 6.45) is 0.823. The third-order valence-electron chi connectivity index (χ3n) is 5.34. The summed E-state index contributed by atoms with van der Waals surface area (Å²) >= 11 is 0. The summed E-state index contributed by atoms with van der Waals surface area (Å²) in [7, 11) is 1.74. The minimum Gasteiger partial charge on any atom is -0.486 e. The molecule has 1 fully saturated rings. The zero-order chi connectivity index (χ0) is 20.4. The normalized spacial score (nSPS) is 18.1. The number of benzene rings is 2. The monoisotopic (exact) mass is 398 g/mol. The van der Waals surface area contributed by atoms with Crippen LogP contribution >= 0.6 is 0 Å². The standard InChI is InChI=1S/C22H23FN2O4/c1-24(9-8-15-2-4-17(23)5-3-15)22(27)16-12-21(26)25(14-16)18-6-7-19-20(13-18)29-11-10-28-19/h2-7,13,16H,8-12,14H2,1H3. The number of hydrogen-bond acceptors (Lipinski definition) is 4. The van der Waals surface area contributed by atoms with Crippen LogP contribution in [0.25, 0.3) is 0 Å². The number of carbonyl (C=O) groups is 2. The van der Waals surface area contributed by atoms with Crippen molar-refractivity contribution >= 4 is 17.5 Å². The maximum atomic E-state index is 13.0. The molecule has 2 aliphatic heterocycles. The van der Waals surface area contributed by atoms with Crippen molar-refractivity contribution in [3.8, 4) is 11.5 Å².